The van der Waals surface area contributed by atoms with Crippen molar-refractivity contribution in [1.29, 1.82) is 0 Å². The fraction of sp³-hybridized carbons (Fsp3) is 0.0500. The first-order chi connectivity index (χ1) is 13.2. The first kappa shape index (κ1) is 20.2. The summed E-state index contributed by atoms with van der Waals surface area (Å²) in [5.41, 5.74) is 2.08. The van der Waals surface area contributed by atoms with Gasteiger partial charge in [0.25, 0.3) is 15.9 Å². The van der Waals surface area contributed by atoms with E-state index in [2.05, 4.69) is 10.0 Å². The fourth-order valence-corrected chi connectivity index (χ4v) is 3.86. The van der Waals surface area contributed by atoms with Crippen LogP contribution in [0.1, 0.15) is 15.9 Å². The summed E-state index contributed by atoms with van der Waals surface area (Å²) in [6, 6.07) is 17.4. The predicted octanol–water partition coefficient (Wildman–Crippen LogP) is 5.35. The molecule has 28 heavy (non-hydrogen) atoms. The van der Waals surface area contributed by atoms with Gasteiger partial charge in [-0.25, -0.2) is 8.42 Å². The van der Waals surface area contributed by atoms with Gasteiger partial charge in [-0.2, -0.15) is 0 Å². The zero-order chi connectivity index (χ0) is 20.3. The van der Waals surface area contributed by atoms with E-state index in [9.17, 15) is 13.2 Å². The Morgan fingerprint density at radius 3 is 2.11 bits per heavy atom. The Hall–Kier alpha value is -2.54. The highest BCUT2D eigenvalue weighted by Gasteiger charge is 2.14. The zero-order valence-corrected chi connectivity index (χ0v) is 17.1. The van der Waals surface area contributed by atoms with Crippen LogP contribution in [-0.4, -0.2) is 14.3 Å². The summed E-state index contributed by atoms with van der Waals surface area (Å²) < 4.78 is 27.3. The second-order valence-corrected chi connectivity index (χ2v) is 8.60. The maximum Gasteiger partial charge on any atom is 0.261 e. The predicted molar refractivity (Wildman–Crippen MR) is 113 cm³/mol. The molecule has 1 amide bonds. The number of aryl methyl sites for hydroxylation is 1. The van der Waals surface area contributed by atoms with Gasteiger partial charge in [-0.15, -0.1) is 0 Å². The normalized spacial score (nSPS) is 11.1. The molecule has 2 N–H and O–H groups in total. The van der Waals surface area contributed by atoms with Crippen LogP contribution < -0.4 is 10.0 Å². The maximum absolute atomic E-state index is 12.4. The van der Waals surface area contributed by atoms with Gasteiger partial charge >= 0.3 is 0 Å². The van der Waals surface area contributed by atoms with Gasteiger partial charge < -0.3 is 5.32 Å². The smallest absolute Gasteiger partial charge is 0.261 e. The number of carbonyl (C=O) groups is 1. The molecule has 0 heterocycles. The van der Waals surface area contributed by atoms with E-state index in [0.717, 1.165) is 5.56 Å². The van der Waals surface area contributed by atoms with Crippen molar-refractivity contribution in [3.8, 4) is 0 Å². The summed E-state index contributed by atoms with van der Waals surface area (Å²) in [4.78, 5) is 12.5. The molecule has 3 rings (SSSR count). The molecule has 0 aromatic heterocycles. The Kier molecular flexibility index (Phi) is 5.93. The average Bonchev–Trinajstić information content (AvgIpc) is 2.65. The van der Waals surface area contributed by atoms with Crippen LogP contribution in [-0.2, 0) is 10.0 Å². The van der Waals surface area contributed by atoms with E-state index >= 15 is 0 Å². The third-order valence-electron chi connectivity index (χ3n) is 3.90. The molecule has 0 atom stereocenters. The Labute approximate surface area is 173 Å². The van der Waals surface area contributed by atoms with Gasteiger partial charge in [0.1, 0.15) is 0 Å². The van der Waals surface area contributed by atoms with E-state index < -0.39 is 15.9 Å². The van der Waals surface area contributed by atoms with Gasteiger partial charge in [0.05, 0.1) is 15.5 Å². The van der Waals surface area contributed by atoms with Gasteiger partial charge in [-0.05, 0) is 61.5 Å². The molecule has 3 aromatic rings. The molecule has 0 radical (unpaired) electrons. The lowest BCUT2D eigenvalue weighted by molar-refractivity contribution is 0.102. The number of carbonyl (C=O) groups excluding carboxylic acids is 1. The number of halogens is 2. The monoisotopic (exact) mass is 434 g/mol. The molecule has 0 aliphatic heterocycles. The van der Waals surface area contributed by atoms with E-state index in [-0.39, 0.29) is 15.5 Å². The molecule has 0 saturated heterocycles. The lowest BCUT2D eigenvalue weighted by Crippen LogP contribution is -2.14. The number of hydrogen-bond acceptors (Lipinski definition) is 3. The molecule has 0 aliphatic rings. The SMILES string of the molecule is Cc1ccc(S(=O)(=O)Nc2ccc(NC(=O)c3cc(Cl)ccc3Cl)cc2)cc1. The van der Waals surface area contributed by atoms with Crippen molar-refractivity contribution >= 4 is 50.5 Å². The molecule has 0 aliphatic carbocycles. The van der Waals surface area contributed by atoms with Gasteiger partial charge in [0.2, 0.25) is 0 Å². The molecule has 8 heteroatoms. The van der Waals surface area contributed by atoms with E-state index in [1.54, 1.807) is 60.7 Å². The number of hydrogen-bond donors (Lipinski definition) is 2. The number of anilines is 2. The zero-order valence-electron chi connectivity index (χ0n) is 14.7. The van der Waals surface area contributed by atoms with E-state index in [4.69, 9.17) is 23.2 Å². The second kappa shape index (κ2) is 8.22. The van der Waals surface area contributed by atoms with E-state index in [0.29, 0.717) is 16.4 Å². The largest absolute Gasteiger partial charge is 0.322 e. The standard InChI is InChI=1S/C20H16Cl2N2O3S/c1-13-2-9-17(10-3-13)28(26,27)24-16-7-5-15(6-8-16)23-20(25)18-12-14(21)4-11-19(18)22/h2-12,24H,1H3,(H,23,25). The Balaban J connectivity index is 1.72. The average molecular weight is 435 g/mol. The number of amides is 1. The fourth-order valence-electron chi connectivity index (χ4n) is 2.42. The van der Waals surface area contributed by atoms with Crippen molar-refractivity contribution in [2.45, 2.75) is 11.8 Å². The molecule has 0 fully saturated rings. The molecular weight excluding hydrogens is 419 g/mol. The van der Waals surface area contributed by atoms with Crippen LogP contribution in [0, 0.1) is 6.92 Å². The Morgan fingerprint density at radius 1 is 0.857 bits per heavy atom. The highest BCUT2D eigenvalue weighted by molar-refractivity contribution is 7.92. The van der Waals surface area contributed by atoms with Crippen LogP contribution >= 0.6 is 23.2 Å². The summed E-state index contributed by atoms with van der Waals surface area (Å²) in [5, 5.41) is 3.38. The molecule has 0 unspecified atom stereocenters. The van der Waals surface area contributed by atoms with E-state index in [1.165, 1.54) is 6.07 Å². The summed E-state index contributed by atoms with van der Waals surface area (Å²) in [5.74, 6) is -0.416. The number of nitrogens with one attached hydrogen (secondary N) is 2. The molecular formula is C20H16Cl2N2O3S. The summed E-state index contributed by atoms with van der Waals surface area (Å²) in [6.45, 7) is 1.88. The van der Waals surface area contributed by atoms with Gasteiger partial charge in [-0.1, -0.05) is 40.9 Å². The minimum absolute atomic E-state index is 0.172. The third-order valence-corrected chi connectivity index (χ3v) is 5.86. The first-order valence-electron chi connectivity index (χ1n) is 8.20. The second-order valence-electron chi connectivity index (χ2n) is 6.07. The highest BCUT2D eigenvalue weighted by atomic mass is 35.5. The molecule has 144 valence electrons. The topological polar surface area (TPSA) is 75.3 Å². The molecule has 3 aromatic carbocycles. The van der Waals surface area contributed by atoms with Crippen LogP contribution in [0.3, 0.4) is 0 Å². The number of rotatable bonds is 5. The molecule has 0 saturated carbocycles. The first-order valence-corrected chi connectivity index (χ1v) is 10.4. The molecule has 0 spiro atoms. The quantitative estimate of drug-likeness (QED) is 0.567. The summed E-state index contributed by atoms with van der Waals surface area (Å²) in [7, 11) is -3.69. The van der Waals surface area contributed by atoms with Crippen molar-refractivity contribution < 1.29 is 13.2 Å². The molecule has 5 nitrogen and oxygen atoms in total. The van der Waals surface area contributed by atoms with Gasteiger partial charge in [-0.3, -0.25) is 9.52 Å². The van der Waals surface area contributed by atoms with Crippen LogP contribution in [0.25, 0.3) is 0 Å². The highest BCUT2D eigenvalue weighted by Crippen LogP contribution is 2.23. The molecule has 0 bridgehead atoms. The lowest BCUT2D eigenvalue weighted by atomic mass is 10.2. The van der Waals surface area contributed by atoms with E-state index in [1.807, 2.05) is 6.92 Å². The number of sulfonamides is 1. The van der Waals surface area contributed by atoms with Gasteiger partial charge in [0.15, 0.2) is 0 Å². The van der Waals surface area contributed by atoms with Crippen molar-refractivity contribution in [2.75, 3.05) is 10.0 Å². The Morgan fingerprint density at radius 2 is 1.46 bits per heavy atom. The van der Waals surface area contributed by atoms with Crippen molar-refractivity contribution in [3.63, 3.8) is 0 Å². The van der Waals surface area contributed by atoms with Crippen molar-refractivity contribution in [1.82, 2.24) is 0 Å². The summed E-state index contributed by atoms with van der Waals surface area (Å²) in [6.07, 6.45) is 0. The van der Waals surface area contributed by atoms with Crippen LogP contribution in [0.4, 0.5) is 11.4 Å². The third kappa shape index (κ3) is 4.84. The van der Waals surface area contributed by atoms with Crippen molar-refractivity contribution in [3.05, 3.63) is 87.9 Å². The lowest BCUT2D eigenvalue weighted by Gasteiger charge is -2.10. The van der Waals surface area contributed by atoms with Crippen LogP contribution in [0.5, 0.6) is 0 Å². The minimum Gasteiger partial charge on any atom is -0.322 e. The Bertz CT molecular complexity index is 1110. The number of benzene rings is 3. The minimum atomic E-state index is -3.69. The van der Waals surface area contributed by atoms with Gasteiger partial charge in [0, 0.05) is 16.4 Å². The summed E-state index contributed by atoms with van der Waals surface area (Å²) >= 11 is 11.9. The van der Waals surface area contributed by atoms with Crippen molar-refractivity contribution in [2.24, 2.45) is 0 Å². The van der Waals surface area contributed by atoms with Crippen LogP contribution in [0.15, 0.2) is 71.6 Å². The maximum atomic E-state index is 12.4. The van der Waals surface area contributed by atoms with Crippen LogP contribution in [0.2, 0.25) is 10.0 Å².